The van der Waals surface area contributed by atoms with E-state index in [1.165, 1.54) is 0 Å². The first-order chi connectivity index (χ1) is 5.18. The van der Waals surface area contributed by atoms with E-state index in [1.807, 2.05) is 20.8 Å². The maximum Gasteiger partial charge on any atom is 0.0493 e. The van der Waals surface area contributed by atoms with Gasteiger partial charge in [0.1, 0.15) is 0 Å². The van der Waals surface area contributed by atoms with Crippen molar-refractivity contribution in [3.8, 4) is 0 Å². The molecule has 0 aliphatic carbocycles. The number of ether oxygens (including phenoxy) is 1. The third-order valence-corrected chi connectivity index (χ3v) is 1.72. The first-order valence-corrected chi connectivity index (χ1v) is 4.76. The summed E-state index contributed by atoms with van der Waals surface area (Å²) in [6, 6.07) is 0. The Bertz CT molecular complexity index is 59.9. The largest absolute Gasteiger partial charge is 0.381 e. The molecule has 0 aromatic carbocycles. The smallest absolute Gasteiger partial charge is 0.0493 e. The lowest BCUT2D eigenvalue weighted by Crippen LogP contribution is -2.11. The first-order valence-electron chi connectivity index (χ1n) is 4.76. The normalized spacial score (nSPS) is 12.3. The van der Waals surface area contributed by atoms with Gasteiger partial charge in [-0.15, -0.1) is 0 Å². The second kappa shape index (κ2) is 9.96. The maximum absolute atomic E-state index is 5.26. The van der Waals surface area contributed by atoms with E-state index in [-0.39, 0.29) is 0 Å². The molecule has 0 heterocycles. The number of rotatable bonds is 4. The van der Waals surface area contributed by atoms with Gasteiger partial charge in [0.25, 0.3) is 0 Å². The quantitative estimate of drug-likeness (QED) is 0.613. The molecule has 11 heavy (non-hydrogen) atoms. The third-order valence-electron chi connectivity index (χ3n) is 1.72. The van der Waals surface area contributed by atoms with Crippen molar-refractivity contribution in [1.29, 1.82) is 0 Å². The van der Waals surface area contributed by atoms with E-state index in [0.29, 0.717) is 5.92 Å². The Morgan fingerprint density at radius 2 is 1.55 bits per heavy atom. The molecule has 0 N–H and O–H groups in total. The van der Waals surface area contributed by atoms with Crippen LogP contribution in [0.1, 0.15) is 41.5 Å². The molecular weight excluding hydrogens is 136 g/mol. The van der Waals surface area contributed by atoms with Gasteiger partial charge in [-0.3, -0.25) is 0 Å². The van der Waals surface area contributed by atoms with Gasteiger partial charge in [0.05, 0.1) is 0 Å². The summed E-state index contributed by atoms with van der Waals surface area (Å²) in [5.41, 5.74) is 0. The van der Waals surface area contributed by atoms with Crippen molar-refractivity contribution in [2.45, 2.75) is 41.5 Å². The molecule has 0 saturated heterocycles. The van der Waals surface area contributed by atoms with E-state index in [0.717, 1.165) is 19.1 Å². The molecule has 0 aliphatic heterocycles. The SMILES string of the molecule is CC.CCOCC(C)C(C)C. The molecule has 0 radical (unpaired) electrons. The highest BCUT2D eigenvalue weighted by atomic mass is 16.5. The molecule has 0 aromatic rings. The highest BCUT2D eigenvalue weighted by Gasteiger charge is 2.05. The van der Waals surface area contributed by atoms with Crippen LogP contribution in [0.4, 0.5) is 0 Å². The predicted molar refractivity (Wildman–Crippen MR) is 51.8 cm³/mol. The van der Waals surface area contributed by atoms with Crippen LogP contribution < -0.4 is 0 Å². The van der Waals surface area contributed by atoms with Gasteiger partial charge in [-0.1, -0.05) is 34.6 Å². The average molecular weight is 160 g/mol. The van der Waals surface area contributed by atoms with Crippen LogP contribution in [-0.2, 0) is 4.74 Å². The molecule has 1 heteroatoms. The molecule has 1 atom stereocenters. The predicted octanol–water partition coefficient (Wildman–Crippen LogP) is 3.34. The Labute approximate surface area is 72.1 Å². The van der Waals surface area contributed by atoms with Gasteiger partial charge in [0, 0.05) is 13.2 Å². The second-order valence-electron chi connectivity index (χ2n) is 2.88. The molecule has 1 unspecified atom stereocenters. The van der Waals surface area contributed by atoms with Crippen molar-refractivity contribution < 1.29 is 4.74 Å². The van der Waals surface area contributed by atoms with Gasteiger partial charge < -0.3 is 4.74 Å². The Morgan fingerprint density at radius 3 is 1.82 bits per heavy atom. The van der Waals surface area contributed by atoms with Crippen LogP contribution in [0.15, 0.2) is 0 Å². The minimum absolute atomic E-state index is 0.699. The third kappa shape index (κ3) is 9.96. The zero-order valence-electron chi connectivity index (χ0n) is 8.98. The number of hydrogen-bond acceptors (Lipinski definition) is 1. The molecule has 0 rings (SSSR count). The molecular formula is C10H24O. The lowest BCUT2D eigenvalue weighted by Gasteiger charge is -2.14. The van der Waals surface area contributed by atoms with Gasteiger partial charge in [-0.25, -0.2) is 0 Å². The van der Waals surface area contributed by atoms with Crippen LogP contribution in [0.2, 0.25) is 0 Å². The van der Waals surface area contributed by atoms with Crippen molar-refractivity contribution in [2.24, 2.45) is 11.8 Å². The Balaban J connectivity index is 0. The van der Waals surface area contributed by atoms with Gasteiger partial charge in [-0.2, -0.15) is 0 Å². The fourth-order valence-corrected chi connectivity index (χ4v) is 0.496. The topological polar surface area (TPSA) is 9.23 Å². The molecule has 1 nitrogen and oxygen atoms in total. The standard InChI is InChI=1S/C8H18O.C2H6/c1-5-9-6-8(4)7(2)3;1-2/h7-8H,5-6H2,1-4H3;1-2H3. The molecule has 0 aromatic heterocycles. The monoisotopic (exact) mass is 160 g/mol. The van der Waals surface area contributed by atoms with Gasteiger partial charge >= 0.3 is 0 Å². The Hall–Kier alpha value is -0.0400. The summed E-state index contributed by atoms with van der Waals surface area (Å²) in [7, 11) is 0. The molecule has 0 fully saturated rings. The Kier molecular flexibility index (Phi) is 12.3. The van der Waals surface area contributed by atoms with E-state index in [4.69, 9.17) is 4.74 Å². The van der Waals surface area contributed by atoms with Crippen LogP contribution in [-0.4, -0.2) is 13.2 Å². The summed E-state index contributed by atoms with van der Waals surface area (Å²) < 4.78 is 5.26. The first kappa shape index (κ1) is 13.5. The van der Waals surface area contributed by atoms with Crippen molar-refractivity contribution >= 4 is 0 Å². The van der Waals surface area contributed by atoms with Crippen molar-refractivity contribution in [3.63, 3.8) is 0 Å². The highest BCUT2D eigenvalue weighted by molar-refractivity contribution is 4.54. The molecule has 0 spiro atoms. The maximum atomic E-state index is 5.26. The molecule has 70 valence electrons. The van der Waals surface area contributed by atoms with Crippen molar-refractivity contribution in [3.05, 3.63) is 0 Å². The summed E-state index contributed by atoms with van der Waals surface area (Å²) in [4.78, 5) is 0. The van der Waals surface area contributed by atoms with E-state index in [1.54, 1.807) is 0 Å². The second-order valence-corrected chi connectivity index (χ2v) is 2.88. The average Bonchev–Trinajstić information content (AvgIpc) is 2.03. The van der Waals surface area contributed by atoms with Gasteiger partial charge in [0.15, 0.2) is 0 Å². The lowest BCUT2D eigenvalue weighted by atomic mass is 9.99. The minimum Gasteiger partial charge on any atom is -0.381 e. The van der Waals surface area contributed by atoms with E-state index in [2.05, 4.69) is 20.8 Å². The van der Waals surface area contributed by atoms with Crippen LogP contribution in [0, 0.1) is 11.8 Å². The molecule has 0 amide bonds. The minimum atomic E-state index is 0.699. The summed E-state index contributed by atoms with van der Waals surface area (Å²) in [5.74, 6) is 1.45. The van der Waals surface area contributed by atoms with Gasteiger partial charge in [-0.05, 0) is 18.8 Å². The summed E-state index contributed by atoms with van der Waals surface area (Å²) in [6.07, 6.45) is 0. The Morgan fingerprint density at radius 1 is 1.09 bits per heavy atom. The molecule has 0 bridgehead atoms. The zero-order chi connectivity index (χ0) is 9.28. The highest BCUT2D eigenvalue weighted by Crippen LogP contribution is 2.08. The van der Waals surface area contributed by atoms with Crippen molar-refractivity contribution in [1.82, 2.24) is 0 Å². The van der Waals surface area contributed by atoms with Crippen LogP contribution in [0.25, 0.3) is 0 Å². The molecule has 0 saturated carbocycles. The van der Waals surface area contributed by atoms with E-state index in [9.17, 15) is 0 Å². The van der Waals surface area contributed by atoms with E-state index < -0.39 is 0 Å². The van der Waals surface area contributed by atoms with Crippen LogP contribution in [0.3, 0.4) is 0 Å². The number of hydrogen-bond donors (Lipinski definition) is 0. The summed E-state index contributed by atoms with van der Waals surface area (Å²) in [6.45, 7) is 14.5. The van der Waals surface area contributed by atoms with Gasteiger partial charge in [0.2, 0.25) is 0 Å². The fraction of sp³-hybridized carbons (Fsp3) is 1.00. The summed E-state index contributed by atoms with van der Waals surface area (Å²) >= 11 is 0. The fourth-order valence-electron chi connectivity index (χ4n) is 0.496. The van der Waals surface area contributed by atoms with Crippen molar-refractivity contribution in [2.75, 3.05) is 13.2 Å². The zero-order valence-corrected chi connectivity index (χ0v) is 8.98. The van der Waals surface area contributed by atoms with Crippen LogP contribution in [0.5, 0.6) is 0 Å². The lowest BCUT2D eigenvalue weighted by molar-refractivity contribution is 0.0999. The van der Waals surface area contributed by atoms with Crippen LogP contribution >= 0.6 is 0 Å². The molecule has 0 aliphatic rings. The summed E-state index contributed by atoms with van der Waals surface area (Å²) in [5, 5.41) is 0. The van der Waals surface area contributed by atoms with E-state index >= 15 is 0 Å².